The Labute approximate surface area is 66.5 Å². The lowest BCUT2D eigenvalue weighted by Gasteiger charge is -2.08. The minimum Gasteiger partial charge on any atom is -0.453 e. The number of alkyl carbamates (subject to hydrolysis) is 1. The molecule has 0 radical (unpaired) electrons. The zero-order chi connectivity index (χ0) is 7.28. The number of carbonyl (C=O) groups is 1. The molecule has 4 nitrogen and oxygen atoms in total. The number of carbonyl (C=O) groups excluding carboxylic acids is 1. The van der Waals surface area contributed by atoms with Crippen molar-refractivity contribution in [3.8, 4) is 0 Å². The first-order valence-electron chi connectivity index (χ1n) is 2.75. The van der Waals surface area contributed by atoms with Gasteiger partial charge in [0, 0.05) is 12.6 Å². The van der Waals surface area contributed by atoms with E-state index in [2.05, 4.69) is 10.1 Å². The minimum atomic E-state index is -0.437. The van der Waals surface area contributed by atoms with Crippen molar-refractivity contribution >= 4 is 18.5 Å². The molecular formula is C5H13ClN2O2. The van der Waals surface area contributed by atoms with E-state index in [-0.39, 0.29) is 18.4 Å². The van der Waals surface area contributed by atoms with Crippen LogP contribution < -0.4 is 11.1 Å². The van der Waals surface area contributed by atoms with Crippen molar-refractivity contribution in [3.05, 3.63) is 0 Å². The zero-order valence-corrected chi connectivity index (χ0v) is 6.90. The van der Waals surface area contributed by atoms with E-state index in [9.17, 15) is 4.79 Å². The fraction of sp³-hybridized carbons (Fsp3) is 0.800. The summed E-state index contributed by atoms with van der Waals surface area (Å²) in [7, 11) is 1.32. The highest BCUT2D eigenvalue weighted by atomic mass is 35.5. The molecule has 0 aliphatic heterocycles. The Morgan fingerprint density at radius 2 is 2.30 bits per heavy atom. The summed E-state index contributed by atoms with van der Waals surface area (Å²) in [5.41, 5.74) is 5.20. The quantitative estimate of drug-likeness (QED) is 0.615. The van der Waals surface area contributed by atoms with Crippen LogP contribution in [-0.2, 0) is 4.74 Å². The number of methoxy groups -OCH3 is 1. The maximum absolute atomic E-state index is 10.4. The van der Waals surface area contributed by atoms with Gasteiger partial charge in [0.25, 0.3) is 0 Å². The van der Waals surface area contributed by atoms with Crippen molar-refractivity contribution in [2.45, 2.75) is 13.0 Å². The van der Waals surface area contributed by atoms with Gasteiger partial charge in [-0.05, 0) is 6.92 Å². The number of ether oxygens (including phenoxy) is 1. The smallest absolute Gasteiger partial charge is 0.407 e. The first kappa shape index (κ1) is 12.2. The summed E-state index contributed by atoms with van der Waals surface area (Å²) in [4.78, 5) is 10.4. The number of amides is 1. The summed E-state index contributed by atoms with van der Waals surface area (Å²) in [6.07, 6.45) is -0.437. The fourth-order valence-corrected chi connectivity index (χ4v) is 0.319. The summed E-state index contributed by atoms with van der Waals surface area (Å²) in [5.74, 6) is 0. The Kier molecular flexibility index (Phi) is 8.11. The normalized spacial score (nSPS) is 11.1. The second-order valence-corrected chi connectivity index (χ2v) is 1.77. The second-order valence-electron chi connectivity index (χ2n) is 1.77. The molecule has 0 saturated carbocycles. The Hall–Kier alpha value is -0.480. The number of hydrogen-bond donors (Lipinski definition) is 2. The van der Waals surface area contributed by atoms with Gasteiger partial charge in [0.15, 0.2) is 0 Å². The van der Waals surface area contributed by atoms with Crippen LogP contribution in [0.2, 0.25) is 0 Å². The summed E-state index contributed by atoms with van der Waals surface area (Å²) < 4.78 is 4.32. The molecule has 0 rings (SSSR count). The van der Waals surface area contributed by atoms with Gasteiger partial charge in [0.05, 0.1) is 7.11 Å². The average molecular weight is 169 g/mol. The van der Waals surface area contributed by atoms with E-state index in [0.29, 0.717) is 6.54 Å². The zero-order valence-electron chi connectivity index (χ0n) is 6.09. The monoisotopic (exact) mass is 168 g/mol. The van der Waals surface area contributed by atoms with Crippen molar-refractivity contribution in [3.63, 3.8) is 0 Å². The van der Waals surface area contributed by atoms with Gasteiger partial charge in [-0.25, -0.2) is 4.79 Å². The van der Waals surface area contributed by atoms with Crippen LogP contribution in [-0.4, -0.2) is 25.8 Å². The van der Waals surface area contributed by atoms with Gasteiger partial charge in [0.2, 0.25) is 0 Å². The number of hydrogen-bond acceptors (Lipinski definition) is 3. The van der Waals surface area contributed by atoms with Gasteiger partial charge >= 0.3 is 6.09 Å². The van der Waals surface area contributed by atoms with Gasteiger partial charge < -0.3 is 15.8 Å². The molecule has 0 saturated heterocycles. The molecule has 0 spiro atoms. The van der Waals surface area contributed by atoms with Crippen LogP contribution in [0.4, 0.5) is 4.79 Å². The van der Waals surface area contributed by atoms with E-state index >= 15 is 0 Å². The van der Waals surface area contributed by atoms with E-state index in [1.165, 1.54) is 7.11 Å². The number of nitrogens with two attached hydrogens (primary N) is 1. The second kappa shape index (κ2) is 6.64. The van der Waals surface area contributed by atoms with Crippen LogP contribution in [0.3, 0.4) is 0 Å². The molecule has 0 aromatic heterocycles. The molecule has 3 N–H and O–H groups in total. The lowest BCUT2D eigenvalue weighted by Crippen LogP contribution is -2.37. The van der Waals surface area contributed by atoms with Crippen LogP contribution in [0.25, 0.3) is 0 Å². The molecule has 0 fully saturated rings. The summed E-state index contributed by atoms with van der Waals surface area (Å²) >= 11 is 0. The number of rotatable bonds is 2. The largest absolute Gasteiger partial charge is 0.453 e. The van der Waals surface area contributed by atoms with Gasteiger partial charge in [-0.2, -0.15) is 0 Å². The van der Waals surface area contributed by atoms with Crippen LogP contribution in [0.1, 0.15) is 6.92 Å². The highest BCUT2D eigenvalue weighted by Crippen LogP contribution is 1.77. The number of halogens is 1. The van der Waals surface area contributed by atoms with Crippen molar-refractivity contribution in [1.82, 2.24) is 5.32 Å². The third-order valence-corrected chi connectivity index (χ3v) is 0.903. The topological polar surface area (TPSA) is 64.3 Å². The summed E-state index contributed by atoms with van der Waals surface area (Å²) in [5, 5.41) is 2.49. The minimum absolute atomic E-state index is 0. The molecule has 62 valence electrons. The predicted octanol–water partition coefficient (Wildman–Crippen LogP) is 0.111. The van der Waals surface area contributed by atoms with Gasteiger partial charge in [-0.15, -0.1) is 12.4 Å². The summed E-state index contributed by atoms with van der Waals surface area (Å²) in [6, 6.07) is -0.0163. The lowest BCUT2D eigenvalue weighted by molar-refractivity contribution is 0.167. The first-order valence-corrected chi connectivity index (χ1v) is 2.75. The first-order chi connectivity index (χ1) is 4.20. The molecule has 1 amide bonds. The highest BCUT2D eigenvalue weighted by Gasteiger charge is 2.02. The van der Waals surface area contributed by atoms with Gasteiger partial charge in [-0.1, -0.05) is 0 Å². The third kappa shape index (κ3) is 5.65. The molecule has 0 bridgehead atoms. The van der Waals surface area contributed by atoms with Gasteiger partial charge in [0.1, 0.15) is 0 Å². The third-order valence-electron chi connectivity index (χ3n) is 0.903. The lowest BCUT2D eigenvalue weighted by atomic mass is 10.3. The molecule has 0 aromatic rings. The van der Waals surface area contributed by atoms with Crippen molar-refractivity contribution in [1.29, 1.82) is 0 Å². The van der Waals surface area contributed by atoms with Crippen molar-refractivity contribution < 1.29 is 9.53 Å². The Morgan fingerprint density at radius 1 is 1.80 bits per heavy atom. The molecule has 5 heteroatoms. The van der Waals surface area contributed by atoms with E-state index in [1.54, 1.807) is 6.92 Å². The average Bonchev–Trinajstić information content (AvgIpc) is 1.87. The molecular weight excluding hydrogens is 156 g/mol. The van der Waals surface area contributed by atoms with Crippen molar-refractivity contribution in [2.24, 2.45) is 5.73 Å². The van der Waals surface area contributed by atoms with Crippen LogP contribution in [0.5, 0.6) is 0 Å². The maximum atomic E-state index is 10.4. The molecule has 0 aliphatic rings. The van der Waals surface area contributed by atoms with Gasteiger partial charge in [-0.3, -0.25) is 0 Å². The van der Waals surface area contributed by atoms with E-state index in [0.717, 1.165) is 0 Å². The van der Waals surface area contributed by atoms with E-state index in [1.807, 2.05) is 0 Å². The Balaban J connectivity index is 0. The summed E-state index contributed by atoms with van der Waals surface area (Å²) in [6.45, 7) is 2.23. The molecule has 1 unspecified atom stereocenters. The SMILES string of the molecule is COC(=O)NC(C)CN.Cl. The van der Waals surface area contributed by atoms with E-state index in [4.69, 9.17) is 5.73 Å². The predicted molar refractivity (Wildman–Crippen MR) is 41.3 cm³/mol. The van der Waals surface area contributed by atoms with Crippen LogP contribution >= 0.6 is 12.4 Å². The molecule has 10 heavy (non-hydrogen) atoms. The molecule has 1 atom stereocenters. The fourth-order valence-electron chi connectivity index (χ4n) is 0.319. The Bertz CT molecular complexity index is 99.6. The van der Waals surface area contributed by atoms with Crippen LogP contribution in [0, 0.1) is 0 Å². The standard InChI is InChI=1S/C5H12N2O2.ClH/c1-4(3-6)7-5(8)9-2;/h4H,3,6H2,1-2H3,(H,7,8);1H. The van der Waals surface area contributed by atoms with Crippen molar-refractivity contribution in [2.75, 3.05) is 13.7 Å². The highest BCUT2D eigenvalue weighted by molar-refractivity contribution is 5.85. The number of nitrogens with one attached hydrogen (secondary N) is 1. The Morgan fingerprint density at radius 3 is 2.60 bits per heavy atom. The molecule has 0 heterocycles. The maximum Gasteiger partial charge on any atom is 0.407 e. The molecule has 0 aromatic carbocycles. The van der Waals surface area contributed by atoms with Crippen LogP contribution in [0.15, 0.2) is 0 Å². The molecule has 0 aliphatic carbocycles. The van der Waals surface area contributed by atoms with E-state index < -0.39 is 6.09 Å².